The molecule has 1 heterocycles. The Bertz CT molecular complexity index is 764. The average molecular weight is 369 g/mol. The molecule has 6 nitrogen and oxygen atoms in total. The van der Waals surface area contributed by atoms with E-state index in [-0.39, 0.29) is 18.1 Å². The average Bonchev–Trinajstić information content (AvgIpc) is 3.11. The van der Waals surface area contributed by atoms with Crippen LogP contribution in [0.3, 0.4) is 0 Å². The minimum atomic E-state index is -0.484. The number of amides is 1. The predicted molar refractivity (Wildman–Crippen MR) is 104 cm³/mol. The number of benzene rings is 1. The maximum Gasteiger partial charge on any atom is 0.343 e. The van der Waals surface area contributed by atoms with Crippen molar-refractivity contribution in [1.29, 1.82) is 0 Å². The fourth-order valence-electron chi connectivity index (χ4n) is 3.60. The maximum absolute atomic E-state index is 12.6. The van der Waals surface area contributed by atoms with Crippen LogP contribution in [0.1, 0.15) is 62.2 Å². The van der Waals surface area contributed by atoms with Crippen molar-refractivity contribution < 1.29 is 14.3 Å². The number of hydrogen-bond donors (Lipinski definition) is 1. The highest BCUT2D eigenvalue weighted by molar-refractivity contribution is 6.00. The molecule has 1 aliphatic carbocycles. The fraction of sp³-hybridized carbons (Fsp3) is 0.476. The molecule has 6 heteroatoms. The minimum absolute atomic E-state index is 0.0937. The first-order chi connectivity index (χ1) is 13.2. The second kappa shape index (κ2) is 9.35. The Labute approximate surface area is 159 Å². The van der Waals surface area contributed by atoms with Crippen LogP contribution in [0.25, 0.3) is 5.69 Å². The van der Waals surface area contributed by atoms with Gasteiger partial charge in [-0.3, -0.25) is 4.79 Å². The SMILES string of the molecule is CCOC(=O)c1cnn(-c2ccccc2)c1NC(=O)CCC1CCCCC1. The molecular formula is C21H27N3O3. The normalized spacial score (nSPS) is 14.7. The molecule has 1 aromatic carbocycles. The minimum Gasteiger partial charge on any atom is -0.462 e. The molecule has 1 fully saturated rings. The molecule has 0 radical (unpaired) electrons. The number of para-hydroxylation sites is 1. The molecule has 1 N–H and O–H groups in total. The number of carbonyl (C=O) groups excluding carboxylic acids is 2. The molecule has 27 heavy (non-hydrogen) atoms. The zero-order valence-electron chi connectivity index (χ0n) is 15.8. The molecule has 3 rings (SSSR count). The summed E-state index contributed by atoms with van der Waals surface area (Å²) >= 11 is 0. The number of hydrogen-bond acceptors (Lipinski definition) is 4. The molecule has 0 aliphatic heterocycles. The first-order valence-corrected chi connectivity index (χ1v) is 9.79. The second-order valence-electron chi connectivity index (χ2n) is 6.97. The molecule has 1 aliphatic rings. The Morgan fingerprint density at radius 3 is 2.63 bits per heavy atom. The van der Waals surface area contributed by atoms with Crippen LogP contribution in [-0.2, 0) is 9.53 Å². The standard InChI is InChI=1S/C21H27N3O3/c1-2-27-21(26)18-15-22-24(17-11-7-4-8-12-17)20(18)23-19(25)14-13-16-9-5-3-6-10-16/h4,7-8,11-12,15-16H,2-3,5-6,9-10,13-14H2,1H3,(H,23,25). The third-order valence-corrected chi connectivity index (χ3v) is 5.03. The van der Waals surface area contributed by atoms with E-state index in [1.54, 1.807) is 11.6 Å². The van der Waals surface area contributed by atoms with Crippen molar-refractivity contribution >= 4 is 17.7 Å². The summed E-state index contributed by atoms with van der Waals surface area (Å²) in [6.45, 7) is 2.02. The van der Waals surface area contributed by atoms with Crippen LogP contribution < -0.4 is 5.32 Å². The zero-order chi connectivity index (χ0) is 19.1. The predicted octanol–water partition coefficient (Wildman–Crippen LogP) is 4.35. The molecule has 1 amide bonds. The molecular weight excluding hydrogens is 342 g/mol. The van der Waals surface area contributed by atoms with Crippen molar-refractivity contribution in [2.24, 2.45) is 5.92 Å². The summed E-state index contributed by atoms with van der Waals surface area (Å²) in [5.41, 5.74) is 1.04. The van der Waals surface area contributed by atoms with Crippen molar-refractivity contribution in [3.63, 3.8) is 0 Å². The Kier molecular flexibility index (Phi) is 6.63. The third-order valence-electron chi connectivity index (χ3n) is 5.03. The quantitative estimate of drug-likeness (QED) is 0.737. The van der Waals surface area contributed by atoms with Crippen LogP contribution in [0.4, 0.5) is 5.82 Å². The molecule has 0 bridgehead atoms. The summed E-state index contributed by atoms with van der Waals surface area (Å²) in [6.07, 6.45) is 9.04. The third kappa shape index (κ3) is 4.96. The fourth-order valence-corrected chi connectivity index (χ4v) is 3.60. The highest BCUT2D eigenvalue weighted by Crippen LogP contribution is 2.28. The van der Waals surface area contributed by atoms with Crippen LogP contribution >= 0.6 is 0 Å². The lowest BCUT2D eigenvalue weighted by Crippen LogP contribution is -2.19. The van der Waals surface area contributed by atoms with E-state index in [9.17, 15) is 9.59 Å². The topological polar surface area (TPSA) is 73.2 Å². The van der Waals surface area contributed by atoms with Crippen molar-refractivity contribution in [2.75, 3.05) is 11.9 Å². The van der Waals surface area contributed by atoms with Gasteiger partial charge in [-0.1, -0.05) is 50.3 Å². The van der Waals surface area contributed by atoms with Gasteiger partial charge in [0.1, 0.15) is 5.56 Å². The Hall–Kier alpha value is -2.63. The smallest absolute Gasteiger partial charge is 0.343 e. The highest BCUT2D eigenvalue weighted by Gasteiger charge is 2.22. The van der Waals surface area contributed by atoms with Crippen LogP contribution in [0, 0.1) is 5.92 Å². The van der Waals surface area contributed by atoms with Gasteiger partial charge in [0.25, 0.3) is 0 Å². The van der Waals surface area contributed by atoms with Gasteiger partial charge in [0, 0.05) is 6.42 Å². The summed E-state index contributed by atoms with van der Waals surface area (Å²) in [5.74, 6) is 0.424. The van der Waals surface area contributed by atoms with E-state index in [2.05, 4.69) is 10.4 Å². The van der Waals surface area contributed by atoms with Gasteiger partial charge in [-0.05, 0) is 31.4 Å². The number of nitrogens with zero attached hydrogens (tertiary/aromatic N) is 2. The van der Waals surface area contributed by atoms with Crippen LogP contribution in [0.15, 0.2) is 36.5 Å². The lowest BCUT2D eigenvalue weighted by molar-refractivity contribution is -0.116. The van der Waals surface area contributed by atoms with E-state index in [1.807, 2.05) is 30.3 Å². The van der Waals surface area contributed by atoms with Gasteiger partial charge in [-0.15, -0.1) is 0 Å². The molecule has 0 atom stereocenters. The summed E-state index contributed by atoms with van der Waals surface area (Å²) < 4.78 is 6.69. The summed E-state index contributed by atoms with van der Waals surface area (Å²) in [6, 6.07) is 9.42. The molecule has 0 saturated heterocycles. The van der Waals surface area contributed by atoms with Crippen molar-refractivity contribution in [1.82, 2.24) is 9.78 Å². The van der Waals surface area contributed by atoms with Crippen LogP contribution in [0.5, 0.6) is 0 Å². The van der Waals surface area contributed by atoms with Gasteiger partial charge in [-0.25, -0.2) is 9.48 Å². The number of carbonyl (C=O) groups is 2. The Morgan fingerprint density at radius 1 is 1.19 bits per heavy atom. The maximum atomic E-state index is 12.6. The van der Waals surface area contributed by atoms with E-state index >= 15 is 0 Å². The Morgan fingerprint density at radius 2 is 1.93 bits per heavy atom. The first-order valence-electron chi connectivity index (χ1n) is 9.79. The van der Waals surface area contributed by atoms with Crippen LogP contribution in [0.2, 0.25) is 0 Å². The molecule has 144 valence electrons. The first kappa shape index (κ1) is 19.1. The Balaban J connectivity index is 1.75. The van der Waals surface area contributed by atoms with Gasteiger partial charge in [-0.2, -0.15) is 5.10 Å². The van der Waals surface area contributed by atoms with Crippen molar-refractivity contribution in [2.45, 2.75) is 51.9 Å². The van der Waals surface area contributed by atoms with Crippen LogP contribution in [-0.4, -0.2) is 28.3 Å². The van der Waals surface area contributed by atoms with Gasteiger partial charge >= 0.3 is 5.97 Å². The zero-order valence-corrected chi connectivity index (χ0v) is 15.8. The van der Waals surface area contributed by atoms with E-state index in [1.165, 1.54) is 38.3 Å². The lowest BCUT2D eigenvalue weighted by Gasteiger charge is -2.21. The van der Waals surface area contributed by atoms with E-state index in [0.717, 1.165) is 12.1 Å². The number of anilines is 1. The van der Waals surface area contributed by atoms with E-state index in [4.69, 9.17) is 4.74 Å². The van der Waals surface area contributed by atoms with Crippen molar-refractivity contribution in [3.05, 3.63) is 42.1 Å². The molecule has 2 aromatic rings. The number of aromatic nitrogens is 2. The van der Waals surface area contributed by atoms with Gasteiger partial charge in [0.05, 0.1) is 18.5 Å². The van der Waals surface area contributed by atoms with Gasteiger partial charge in [0.2, 0.25) is 5.91 Å². The van der Waals surface area contributed by atoms with Crippen molar-refractivity contribution in [3.8, 4) is 5.69 Å². The highest BCUT2D eigenvalue weighted by atomic mass is 16.5. The number of esters is 1. The summed E-state index contributed by atoms with van der Waals surface area (Å²) in [7, 11) is 0. The molecule has 1 aromatic heterocycles. The second-order valence-corrected chi connectivity index (χ2v) is 6.97. The van der Waals surface area contributed by atoms with E-state index in [0.29, 0.717) is 18.2 Å². The molecule has 1 saturated carbocycles. The number of ether oxygens (including phenoxy) is 1. The number of rotatable bonds is 7. The molecule has 0 spiro atoms. The summed E-state index contributed by atoms with van der Waals surface area (Å²) in [5, 5.41) is 7.19. The number of nitrogens with one attached hydrogen (secondary N) is 1. The molecule has 0 unspecified atom stereocenters. The lowest BCUT2D eigenvalue weighted by atomic mass is 9.86. The largest absolute Gasteiger partial charge is 0.462 e. The monoisotopic (exact) mass is 369 g/mol. The van der Waals surface area contributed by atoms with E-state index < -0.39 is 5.97 Å². The summed E-state index contributed by atoms with van der Waals surface area (Å²) in [4.78, 5) is 24.8. The van der Waals surface area contributed by atoms with Gasteiger partial charge in [0.15, 0.2) is 5.82 Å². The van der Waals surface area contributed by atoms with Gasteiger partial charge < -0.3 is 10.1 Å².